The molecule has 0 aromatic heterocycles. The highest BCUT2D eigenvalue weighted by molar-refractivity contribution is 14.1. The fraction of sp³-hybridized carbons (Fsp3) is 0.647. The second-order valence-electron chi connectivity index (χ2n) is 5.74. The van der Waals surface area contributed by atoms with Crippen molar-refractivity contribution in [3.8, 4) is 0 Å². The van der Waals surface area contributed by atoms with Gasteiger partial charge in [-0.2, -0.15) is 0 Å². The first-order valence-corrected chi connectivity index (χ1v) is 9.45. The fourth-order valence-corrected chi connectivity index (χ4v) is 2.64. The van der Waals surface area contributed by atoms with E-state index in [0.717, 1.165) is 70.2 Å². The van der Waals surface area contributed by atoms with Gasteiger partial charge >= 0.3 is 5.97 Å². The van der Waals surface area contributed by atoms with Gasteiger partial charge < -0.3 is 9.64 Å². The van der Waals surface area contributed by atoms with Gasteiger partial charge in [0, 0.05) is 48.2 Å². The van der Waals surface area contributed by atoms with Gasteiger partial charge in [0.05, 0.1) is 6.61 Å². The molecule has 134 valence electrons. The average Bonchev–Trinajstić information content (AvgIpc) is 2.76. The van der Waals surface area contributed by atoms with E-state index in [2.05, 4.69) is 0 Å². The van der Waals surface area contributed by atoms with Crippen LogP contribution < -0.4 is 0 Å². The SMILES string of the molecule is O=C(/C=C\C(=O)C(=O)I)OCCCCCCN1CCCCCC1=O. The predicted octanol–water partition coefficient (Wildman–Crippen LogP) is 2.58. The van der Waals surface area contributed by atoms with Crippen LogP contribution >= 0.6 is 22.6 Å². The number of carbonyl (C=O) groups excluding carboxylic acids is 4. The van der Waals surface area contributed by atoms with Crippen LogP contribution in [0, 0.1) is 0 Å². The average molecular weight is 449 g/mol. The number of carbonyl (C=O) groups is 4. The van der Waals surface area contributed by atoms with E-state index < -0.39 is 15.5 Å². The van der Waals surface area contributed by atoms with Gasteiger partial charge in [-0.15, -0.1) is 0 Å². The summed E-state index contributed by atoms with van der Waals surface area (Å²) in [6.45, 7) is 1.98. The van der Waals surface area contributed by atoms with Gasteiger partial charge in [-0.05, 0) is 38.2 Å². The highest BCUT2D eigenvalue weighted by Gasteiger charge is 2.15. The van der Waals surface area contributed by atoms with E-state index in [-0.39, 0.29) is 12.5 Å². The van der Waals surface area contributed by atoms with Crippen LogP contribution in [0.3, 0.4) is 0 Å². The Bertz CT molecular complexity index is 489. The minimum absolute atomic E-state index is 0.271. The van der Waals surface area contributed by atoms with E-state index >= 15 is 0 Å². The molecule has 1 aliphatic rings. The van der Waals surface area contributed by atoms with Crippen LogP contribution in [-0.2, 0) is 23.9 Å². The quantitative estimate of drug-likeness (QED) is 0.128. The molecular formula is C17H24INO5. The lowest BCUT2D eigenvalue weighted by Gasteiger charge is -2.20. The zero-order valence-electron chi connectivity index (χ0n) is 13.8. The predicted molar refractivity (Wildman–Crippen MR) is 97.6 cm³/mol. The number of nitrogens with zero attached hydrogens (tertiary/aromatic N) is 1. The summed E-state index contributed by atoms with van der Waals surface area (Å²) in [4.78, 5) is 46.8. The lowest BCUT2D eigenvalue weighted by molar-refractivity contribution is -0.138. The topological polar surface area (TPSA) is 80.8 Å². The normalized spacial score (nSPS) is 15.4. The molecule has 0 bridgehead atoms. The Morgan fingerprint density at radius 1 is 1.04 bits per heavy atom. The van der Waals surface area contributed by atoms with Gasteiger partial charge in [0.1, 0.15) is 0 Å². The van der Waals surface area contributed by atoms with E-state index in [1.807, 2.05) is 4.90 Å². The zero-order valence-corrected chi connectivity index (χ0v) is 16.0. The molecule has 0 spiro atoms. The van der Waals surface area contributed by atoms with E-state index in [4.69, 9.17) is 4.74 Å². The number of halogens is 1. The van der Waals surface area contributed by atoms with Crippen molar-refractivity contribution in [2.75, 3.05) is 19.7 Å². The van der Waals surface area contributed by atoms with Crippen molar-refractivity contribution in [1.29, 1.82) is 0 Å². The summed E-state index contributed by atoms with van der Waals surface area (Å²) in [7, 11) is 0. The van der Waals surface area contributed by atoms with E-state index in [0.29, 0.717) is 6.42 Å². The minimum Gasteiger partial charge on any atom is -0.463 e. The number of likely N-dealkylation sites (tertiary alicyclic amines) is 1. The molecule has 1 saturated heterocycles. The molecule has 0 atom stereocenters. The third-order valence-corrected chi connectivity index (χ3v) is 4.33. The zero-order chi connectivity index (χ0) is 17.8. The molecule has 1 amide bonds. The van der Waals surface area contributed by atoms with Crippen LogP contribution in [0.25, 0.3) is 0 Å². The maximum atomic E-state index is 11.8. The van der Waals surface area contributed by atoms with Crippen molar-refractivity contribution in [2.45, 2.75) is 51.4 Å². The Kier molecular flexibility index (Phi) is 10.5. The lowest BCUT2D eigenvalue weighted by Crippen LogP contribution is -2.31. The fourth-order valence-electron chi connectivity index (χ4n) is 2.46. The van der Waals surface area contributed by atoms with Gasteiger partial charge in [0.2, 0.25) is 11.7 Å². The second-order valence-corrected chi connectivity index (χ2v) is 6.72. The van der Waals surface area contributed by atoms with E-state index in [9.17, 15) is 19.2 Å². The largest absolute Gasteiger partial charge is 0.463 e. The van der Waals surface area contributed by atoms with Crippen molar-refractivity contribution in [3.05, 3.63) is 12.2 Å². The Balaban J connectivity index is 2.04. The second kappa shape index (κ2) is 12.2. The van der Waals surface area contributed by atoms with Crippen LogP contribution in [0.5, 0.6) is 0 Å². The standard InChI is InChI=1S/C17H24INO5/c18-17(23)14(20)9-10-16(22)24-13-7-2-1-5-11-19-12-6-3-4-8-15(19)21/h9-10H,1-8,11-13H2/b10-9-. The first-order valence-electron chi connectivity index (χ1n) is 8.37. The molecule has 7 heteroatoms. The van der Waals surface area contributed by atoms with Gasteiger partial charge in [-0.3, -0.25) is 14.4 Å². The van der Waals surface area contributed by atoms with Gasteiger partial charge in [0.15, 0.2) is 0 Å². The van der Waals surface area contributed by atoms with Crippen LogP contribution in [0.2, 0.25) is 0 Å². The summed E-state index contributed by atoms with van der Waals surface area (Å²) in [5.41, 5.74) is 0. The Labute approximate surface area is 156 Å². The molecule has 1 fully saturated rings. The molecule has 0 saturated carbocycles. The maximum Gasteiger partial charge on any atom is 0.330 e. The molecule has 0 radical (unpaired) electrons. The minimum atomic E-state index is -0.726. The number of hydrogen-bond donors (Lipinski definition) is 0. The van der Waals surface area contributed by atoms with Crippen molar-refractivity contribution < 1.29 is 23.9 Å². The smallest absolute Gasteiger partial charge is 0.330 e. The number of hydrogen-bond acceptors (Lipinski definition) is 5. The first kappa shape index (κ1) is 20.8. The van der Waals surface area contributed by atoms with Crippen molar-refractivity contribution in [3.63, 3.8) is 0 Å². The van der Waals surface area contributed by atoms with Crippen molar-refractivity contribution >= 4 is 44.0 Å². The van der Waals surface area contributed by atoms with Gasteiger partial charge in [-0.1, -0.05) is 12.8 Å². The van der Waals surface area contributed by atoms with Crippen LogP contribution in [0.1, 0.15) is 51.4 Å². The third-order valence-electron chi connectivity index (χ3n) is 3.80. The van der Waals surface area contributed by atoms with Crippen molar-refractivity contribution in [2.24, 2.45) is 0 Å². The molecular weight excluding hydrogens is 425 g/mol. The molecule has 1 rings (SSSR count). The molecule has 1 heterocycles. The first-order chi connectivity index (χ1) is 11.5. The molecule has 0 aliphatic carbocycles. The van der Waals surface area contributed by atoms with Crippen LogP contribution in [0.15, 0.2) is 12.2 Å². The third kappa shape index (κ3) is 9.14. The molecule has 1 aliphatic heterocycles. The Hall–Kier alpha value is -1.25. The summed E-state index contributed by atoms with van der Waals surface area (Å²) < 4.78 is 4.31. The number of allylic oxidation sites excluding steroid dienone is 1. The summed E-state index contributed by atoms with van der Waals surface area (Å²) in [5.74, 6) is -1.07. The number of unbranched alkanes of at least 4 members (excludes halogenated alkanes) is 3. The number of ketones is 1. The van der Waals surface area contributed by atoms with E-state index in [1.165, 1.54) is 22.6 Å². The molecule has 0 aromatic carbocycles. The summed E-state index contributed by atoms with van der Waals surface area (Å²) in [5, 5.41) is 0. The number of amides is 1. The van der Waals surface area contributed by atoms with Crippen LogP contribution in [-0.4, -0.2) is 46.0 Å². The molecule has 24 heavy (non-hydrogen) atoms. The highest BCUT2D eigenvalue weighted by atomic mass is 127. The van der Waals surface area contributed by atoms with Gasteiger partial charge in [0.25, 0.3) is 3.79 Å². The Morgan fingerprint density at radius 3 is 2.54 bits per heavy atom. The number of esters is 1. The van der Waals surface area contributed by atoms with E-state index in [1.54, 1.807) is 0 Å². The number of rotatable bonds is 10. The molecule has 6 nitrogen and oxygen atoms in total. The number of ether oxygens (including phenoxy) is 1. The lowest BCUT2D eigenvalue weighted by atomic mass is 10.2. The molecule has 0 aromatic rings. The highest BCUT2D eigenvalue weighted by Crippen LogP contribution is 2.12. The Morgan fingerprint density at radius 2 is 1.79 bits per heavy atom. The van der Waals surface area contributed by atoms with Gasteiger partial charge in [-0.25, -0.2) is 4.79 Å². The van der Waals surface area contributed by atoms with Crippen molar-refractivity contribution in [1.82, 2.24) is 4.90 Å². The monoisotopic (exact) mass is 449 g/mol. The molecule has 0 N–H and O–H groups in total. The maximum absolute atomic E-state index is 11.8. The van der Waals surface area contributed by atoms with Crippen LogP contribution in [0.4, 0.5) is 0 Å². The molecule has 0 unspecified atom stereocenters. The summed E-state index contributed by atoms with van der Waals surface area (Å²) in [6, 6.07) is 0. The summed E-state index contributed by atoms with van der Waals surface area (Å²) in [6.07, 6.45) is 9.43. The summed E-state index contributed by atoms with van der Waals surface area (Å²) >= 11 is 1.37.